The van der Waals surface area contributed by atoms with Crippen molar-refractivity contribution >= 4 is 44.8 Å². The molecular formula is C24H29BrN6O3. The first-order chi connectivity index (χ1) is 16.4. The Bertz CT molecular complexity index is 1110. The van der Waals surface area contributed by atoms with E-state index in [0.717, 1.165) is 29.4 Å². The standard InChI is InChI=1S/C24H29BrN6O3/c1-27-17-5-14(9-28-10-17)23(32)30-4-2-3-16(11-30)29-22-20(6-15(25)7-21(22)26)24(33)31-12-19-8-18(31)13-34-19/h5-7,9-10,16,18-19,27,29H,2-4,8,11-13,26H2,1H3/t16-,18-,19-/m1/s1. The van der Waals surface area contributed by atoms with Gasteiger partial charge in [-0.2, -0.15) is 0 Å². The Labute approximate surface area is 207 Å². The summed E-state index contributed by atoms with van der Waals surface area (Å²) < 4.78 is 6.42. The molecule has 5 rings (SSSR count). The third-order valence-corrected chi connectivity index (χ3v) is 7.31. The average molecular weight is 529 g/mol. The van der Waals surface area contributed by atoms with E-state index < -0.39 is 0 Å². The fourth-order valence-corrected chi connectivity index (χ4v) is 5.60. The molecular weight excluding hydrogens is 500 g/mol. The first-order valence-electron chi connectivity index (χ1n) is 11.6. The molecule has 3 aliphatic heterocycles. The third kappa shape index (κ3) is 4.44. The van der Waals surface area contributed by atoms with Gasteiger partial charge in [-0.05, 0) is 37.5 Å². The van der Waals surface area contributed by atoms with Gasteiger partial charge < -0.3 is 30.9 Å². The van der Waals surface area contributed by atoms with Crippen LogP contribution in [0.3, 0.4) is 0 Å². The topological polar surface area (TPSA) is 113 Å². The Hall–Kier alpha value is -2.85. The van der Waals surface area contributed by atoms with E-state index in [0.29, 0.717) is 48.7 Å². The maximum atomic E-state index is 13.5. The third-order valence-electron chi connectivity index (χ3n) is 6.86. The molecule has 34 heavy (non-hydrogen) atoms. The summed E-state index contributed by atoms with van der Waals surface area (Å²) in [5, 5.41) is 6.53. The van der Waals surface area contributed by atoms with E-state index in [1.165, 1.54) is 0 Å². The van der Waals surface area contributed by atoms with Crippen molar-refractivity contribution in [3.05, 3.63) is 46.2 Å². The second-order valence-electron chi connectivity index (χ2n) is 9.17. The second kappa shape index (κ2) is 9.42. The van der Waals surface area contributed by atoms with Crippen molar-refractivity contribution in [2.75, 3.05) is 49.7 Å². The van der Waals surface area contributed by atoms with Crippen molar-refractivity contribution in [2.24, 2.45) is 0 Å². The highest BCUT2D eigenvalue weighted by molar-refractivity contribution is 9.10. The monoisotopic (exact) mass is 528 g/mol. The van der Waals surface area contributed by atoms with Crippen molar-refractivity contribution < 1.29 is 14.3 Å². The average Bonchev–Trinajstić information content (AvgIpc) is 3.49. The number of nitrogens with one attached hydrogen (secondary N) is 2. The van der Waals surface area contributed by atoms with Crippen molar-refractivity contribution in [2.45, 2.75) is 37.5 Å². The fourth-order valence-electron chi connectivity index (χ4n) is 5.12. The fraction of sp³-hybridized carbons (Fsp3) is 0.458. The quantitative estimate of drug-likeness (QED) is 0.511. The van der Waals surface area contributed by atoms with Crippen LogP contribution in [-0.2, 0) is 4.74 Å². The molecule has 3 atom stereocenters. The number of nitrogens with zero attached hydrogens (tertiary/aromatic N) is 3. The minimum atomic E-state index is -0.0516. The lowest BCUT2D eigenvalue weighted by atomic mass is 10.0. The van der Waals surface area contributed by atoms with Crippen LogP contribution in [0.15, 0.2) is 35.1 Å². The van der Waals surface area contributed by atoms with Crippen LogP contribution in [0.5, 0.6) is 0 Å². The molecule has 3 fully saturated rings. The zero-order valence-electron chi connectivity index (χ0n) is 19.1. The van der Waals surface area contributed by atoms with Crippen LogP contribution in [0.1, 0.15) is 40.0 Å². The number of fused-ring (bicyclic) bond motifs is 2. The van der Waals surface area contributed by atoms with Gasteiger partial charge in [-0.1, -0.05) is 15.9 Å². The van der Waals surface area contributed by atoms with Crippen LogP contribution < -0.4 is 16.4 Å². The molecule has 2 aromatic rings. The predicted octanol–water partition coefficient (Wildman–Crippen LogP) is 2.80. The maximum absolute atomic E-state index is 13.5. The van der Waals surface area contributed by atoms with E-state index >= 15 is 0 Å². The number of nitrogen functional groups attached to an aromatic ring is 1. The summed E-state index contributed by atoms with van der Waals surface area (Å²) in [6, 6.07) is 5.54. The number of aromatic nitrogens is 1. The van der Waals surface area contributed by atoms with Crippen molar-refractivity contribution in [1.29, 1.82) is 0 Å². The largest absolute Gasteiger partial charge is 0.397 e. The van der Waals surface area contributed by atoms with Gasteiger partial charge in [-0.25, -0.2) is 0 Å². The number of hydrogen-bond acceptors (Lipinski definition) is 7. The Morgan fingerprint density at radius 3 is 2.79 bits per heavy atom. The van der Waals surface area contributed by atoms with Crippen LogP contribution in [-0.4, -0.2) is 78.1 Å². The summed E-state index contributed by atoms with van der Waals surface area (Å²) in [7, 11) is 1.80. The molecule has 9 nitrogen and oxygen atoms in total. The van der Waals surface area contributed by atoms with Gasteiger partial charge in [0.1, 0.15) is 0 Å². The number of pyridine rings is 1. The number of likely N-dealkylation sites (tertiary alicyclic amines) is 2. The molecule has 0 radical (unpaired) electrons. The molecule has 180 valence electrons. The summed E-state index contributed by atoms with van der Waals surface area (Å²) >= 11 is 3.49. The van der Waals surface area contributed by atoms with Crippen LogP contribution in [0.2, 0.25) is 0 Å². The number of nitrogens with two attached hydrogens (primary N) is 1. The number of morpholine rings is 1. The molecule has 3 saturated heterocycles. The lowest BCUT2D eigenvalue weighted by Crippen LogP contribution is -2.46. The molecule has 0 saturated carbocycles. The normalized spacial score (nSPS) is 23.8. The number of amides is 2. The van der Waals surface area contributed by atoms with Gasteiger partial charge in [0.15, 0.2) is 0 Å². The molecule has 1 aromatic carbocycles. The Kier molecular flexibility index (Phi) is 6.35. The summed E-state index contributed by atoms with van der Waals surface area (Å²) in [6.07, 6.45) is 6.03. The first kappa shape index (κ1) is 22.9. The number of ether oxygens (including phenoxy) is 1. The van der Waals surface area contributed by atoms with E-state index in [1.54, 1.807) is 25.5 Å². The SMILES string of the molecule is CNc1cncc(C(=O)N2CCC[C@@H](Nc3c(N)cc(Br)cc3C(=O)N3C[C@H]4C[C@@H]3CO4)C2)c1. The van der Waals surface area contributed by atoms with Gasteiger partial charge in [0.05, 0.1) is 46.9 Å². The number of carbonyl (C=O) groups excluding carboxylic acids is 2. The number of carbonyl (C=O) groups is 2. The molecule has 2 bridgehead atoms. The van der Waals surface area contributed by atoms with Crippen LogP contribution >= 0.6 is 15.9 Å². The molecule has 10 heteroatoms. The van der Waals surface area contributed by atoms with Crippen molar-refractivity contribution in [3.63, 3.8) is 0 Å². The summed E-state index contributed by atoms with van der Waals surface area (Å²) in [5.41, 5.74) is 9.43. The maximum Gasteiger partial charge on any atom is 0.256 e. The highest BCUT2D eigenvalue weighted by Gasteiger charge is 2.42. The highest BCUT2D eigenvalue weighted by Crippen LogP contribution is 2.35. The summed E-state index contributed by atoms with van der Waals surface area (Å²) in [6.45, 7) is 2.40. The molecule has 0 unspecified atom stereocenters. The summed E-state index contributed by atoms with van der Waals surface area (Å²) in [4.78, 5) is 34.5. The first-order valence-corrected chi connectivity index (χ1v) is 12.4. The highest BCUT2D eigenvalue weighted by atomic mass is 79.9. The van der Waals surface area contributed by atoms with Crippen LogP contribution in [0, 0.1) is 0 Å². The Balaban J connectivity index is 1.34. The number of benzene rings is 1. The Morgan fingerprint density at radius 1 is 1.21 bits per heavy atom. The minimum Gasteiger partial charge on any atom is -0.397 e. The molecule has 0 aliphatic carbocycles. The van der Waals surface area contributed by atoms with Gasteiger partial charge >= 0.3 is 0 Å². The van der Waals surface area contributed by atoms with E-state index in [9.17, 15) is 9.59 Å². The predicted molar refractivity (Wildman–Crippen MR) is 134 cm³/mol. The van der Waals surface area contributed by atoms with E-state index in [4.69, 9.17) is 10.5 Å². The molecule has 1 aromatic heterocycles. The number of hydrogen-bond donors (Lipinski definition) is 3. The van der Waals surface area contributed by atoms with Gasteiger partial charge in [-0.3, -0.25) is 14.6 Å². The van der Waals surface area contributed by atoms with E-state index in [2.05, 4.69) is 31.5 Å². The van der Waals surface area contributed by atoms with Crippen molar-refractivity contribution in [3.8, 4) is 0 Å². The van der Waals surface area contributed by atoms with Crippen LogP contribution in [0.4, 0.5) is 17.1 Å². The van der Waals surface area contributed by atoms with Gasteiger partial charge in [-0.15, -0.1) is 0 Å². The molecule has 0 spiro atoms. The summed E-state index contributed by atoms with van der Waals surface area (Å²) in [5.74, 6) is -0.0886. The van der Waals surface area contributed by atoms with Gasteiger partial charge in [0.2, 0.25) is 0 Å². The number of anilines is 3. The lowest BCUT2D eigenvalue weighted by molar-refractivity contribution is 0.0259. The van der Waals surface area contributed by atoms with E-state index in [-0.39, 0.29) is 30.0 Å². The van der Waals surface area contributed by atoms with Gasteiger partial charge in [0, 0.05) is 49.6 Å². The Morgan fingerprint density at radius 2 is 2.06 bits per heavy atom. The number of rotatable bonds is 5. The molecule has 2 amide bonds. The molecule has 4 heterocycles. The van der Waals surface area contributed by atoms with E-state index in [1.807, 2.05) is 21.9 Å². The molecule has 3 aliphatic rings. The van der Waals surface area contributed by atoms with Crippen molar-refractivity contribution in [1.82, 2.24) is 14.8 Å². The minimum absolute atomic E-state index is 0.0217. The molecule has 4 N–H and O–H groups in total. The smallest absolute Gasteiger partial charge is 0.256 e. The lowest BCUT2D eigenvalue weighted by Gasteiger charge is -2.35. The zero-order chi connectivity index (χ0) is 23.8. The van der Waals surface area contributed by atoms with Gasteiger partial charge in [0.25, 0.3) is 11.8 Å². The second-order valence-corrected chi connectivity index (χ2v) is 10.1. The van der Waals surface area contributed by atoms with Crippen LogP contribution in [0.25, 0.3) is 0 Å². The number of piperidine rings is 1. The zero-order valence-corrected chi connectivity index (χ0v) is 20.7. The number of halogens is 1.